The molecule has 1 aromatic carbocycles. The van der Waals surface area contributed by atoms with E-state index in [9.17, 15) is 4.79 Å². The molecule has 0 bridgehead atoms. The summed E-state index contributed by atoms with van der Waals surface area (Å²) in [6, 6.07) is 8.35. The van der Waals surface area contributed by atoms with Gasteiger partial charge in [0.1, 0.15) is 5.75 Å². The van der Waals surface area contributed by atoms with E-state index in [0.29, 0.717) is 12.5 Å². The lowest BCUT2D eigenvalue weighted by Crippen LogP contribution is -2.50. The van der Waals surface area contributed by atoms with Crippen molar-refractivity contribution >= 4 is 5.91 Å². The number of hydrogen-bond acceptors (Lipinski definition) is 4. The van der Waals surface area contributed by atoms with Crippen LogP contribution in [0.3, 0.4) is 0 Å². The zero-order chi connectivity index (χ0) is 17.6. The Bertz CT molecular complexity index is 562. The highest BCUT2D eigenvalue weighted by Crippen LogP contribution is 2.23. The number of benzene rings is 1. The molecule has 0 aliphatic carbocycles. The highest BCUT2D eigenvalue weighted by atomic mass is 16.5. The molecule has 0 N–H and O–H groups in total. The number of hydrogen-bond donors (Lipinski definition) is 0. The first-order chi connectivity index (χ1) is 12.2. The zero-order valence-electron chi connectivity index (χ0n) is 15.6. The van der Waals surface area contributed by atoms with Crippen LogP contribution in [-0.4, -0.2) is 73.5 Å². The van der Waals surface area contributed by atoms with E-state index < -0.39 is 0 Å². The van der Waals surface area contributed by atoms with Crippen molar-refractivity contribution in [3.8, 4) is 5.75 Å². The van der Waals surface area contributed by atoms with Gasteiger partial charge >= 0.3 is 0 Å². The first-order valence-electron chi connectivity index (χ1n) is 9.57. The Balaban J connectivity index is 1.47. The number of ether oxygens (including phenoxy) is 1. The standard InChI is InChI=1S/C20H31N3O2/c1-3-25-19-6-4-5-17(15-19)16-22-9-7-18(8-10-22)20(24)23-13-11-21(2)12-14-23/h4-6,15,18H,3,7-14,16H2,1-2H3. The molecule has 3 rings (SSSR count). The second kappa shape index (κ2) is 8.68. The van der Waals surface area contributed by atoms with Crippen molar-refractivity contribution in [3.05, 3.63) is 29.8 Å². The van der Waals surface area contributed by atoms with Crippen molar-refractivity contribution in [1.82, 2.24) is 14.7 Å². The first kappa shape index (κ1) is 18.2. The van der Waals surface area contributed by atoms with Crippen LogP contribution in [0, 0.1) is 5.92 Å². The van der Waals surface area contributed by atoms with Crippen molar-refractivity contribution in [3.63, 3.8) is 0 Å². The molecule has 138 valence electrons. The van der Waals surface area contributed by atoms with Gasteiger partial charge in [-0.3, -0.25) is 9.69 Å². The quantitative estimate of drug-likeness (QED) is 0.819. The number of piperazine rings is 1. The monoisotopic (exact) mass is 345 g/mol. The maximum absolute atomic E-state index is 12.7. The van der Waals surface area contributed by atoms with Gasteiger partial charge in [-0.2, -0.15) is 0 Å². The Labute approximate surface area is 151 Å². The van der Waals surface area contributed by atoms with Gasteiger partial charge in [-0.1, -0.05) is 12.1 Å². The molecule has 5 heteroatoms. The number of nitrogens with zero attached hydrogens (tertiary/aromatic N) is 3. The van der Waals surface area contributed by atoms with Gasteiger partial charge in [0.25, 0.3) is 0 Å². The number of carbonyl (C=O) groups is 1. The molecule has 0 unspecified atom stereocenters. The molecule has 2 heterocycles. The summed E-state index contributed by atoms with van der Waals surface area (Å²) in [4.78, 5) is 19.5. The van der Waals surface area contributed by atoms with Gasteiger partial charge in [-0.15, -0.1) is 0 Å². The van der Waals surface area contributed by atoms with E-state index in [-0.39, 0.29) is 5.92 Å². The SMILES string of the molecule is CCOc1cccc(CN2CCC(C(=O)N3CCN(C)CC3)CC2)c1. The van der Waals surface area contributed by atoms with Crippen LogP contribution in [-0.2, 0) is 11.3 Å². The third-order valence-corrected chi connectivity index (χ3v) is 5.37. The van der Waals surface area contributed by atoms with Crippen molar-refractivity contribution in [2.75, 3.05) is 52.9 Å². The molecule has 5 nitrogen and oxygen atoms in total. The largest absolute Gasteiger partial charge is 0.494 e. The van der Waals surface area contributed by atoms with Crippen molar-refractivity contribution in [2.24, 2.45) is 5.92 Å². The van der Waals surface area contributed by atoms with Crippen molar-refractivity contribution < 1.29 is 9.53 Å². The van der Waals surface area contributed by atoms with E-state index in [0.717, 1.165) is 64.4 Å². The lowest BCUT2D eigenvalue weighted by Gasteiger charge is -2.37. The average molecular weight is 345 g/mol. The van der Waals surface area contributed by atoms with Crippen LogP contribution in [0.2, 0.25) is 0 Å². The first-order valence-corrected chi connectivity index (χ1v) is 9.57. The van der Waals surface area contributed by atoms with E-state index in [2.05, 4.69) is 39.9 Å². The van der Waals surface area contributed by atoms with E-state index in [1.807, 2.05) is 13.0 Å². The van der Waals surface area contributed by atoms with Crippen molar-refractivity contribution in [2.45, 2.75) is 26.3 Å². The van der Waals surface area contributed by atoms with Gasteiger partial charge < -0.3 is 14.5 Å². The van der Waals surface area contributed by atoms with Crippen LogP contribution >= 0.6 is 0 Å². The van der Waals surface area contributed by atoms with Crippen LogP contribution < -0.4 is 4.74 Å². The Morgan fingerprint density at radius 2 is 1.84 bits per heavy atom. The molecule has 2 fully saturated rings. The van der Waals surface area contributed by atoms with E-state index in [4.69, 9.17) is 4.74 Å². The summed E-state index contributed by atoms with van der Waals surface area (Å²) >= 11 is 0. The fraction of sp³-hybridized carbons (Fsp3) is 0.650. The Kier molecular flexibility index (Phi) is 6.32. The molecule has 1 aromatic rings. The molecular weight excluding hydrogens is 314 g/mol. The minimum Gasteiger partial charge on any atom is -0.494 e. The van der Waals surface area contributed by atoms with Gasteiger partial charge in [-0.05, 0) is 57.6 Å². The van der Waals surface area contributed by atoms with Gasteiger partial charge in [-0.25, -0.2) is 0 Å². The van der Waals surface area contributed by atoms with Crippen LogP contribution in [0.4, 0.5) is 0 Å². The predicted molar refractivity (Wildman–Crippen MR) is 99.7 cm³/mol. The number of piperidine rings is 1. The van der Waals surface area contributed by atoms with Gasteiger partial charge in [0, 0.05) is 38.6 Å². The molecule has 2 aliphatic heterocycles. The third-order valence-electron chi connectivity index (χ3n) is 5.37. The fourth-order valence-electron chi connectivity index (χ4n) is 3.78. The molecule has 0 spiro atoms. The molecule has 2 saturated heterocycles. The molecule has 0 aromatic heterocycles. The lowest BCUT2D eigenvalue weighted by molar-refractivity contribution is -0.138. The van der Waals surface area contributed by atoms with Crippen LogP contribution in [0.15, 0.2) is 24.3 Å². The molecular formula is C20H31N3O2. The summed E-state index contributed by atoms with van der Waals surface area (Å²) in [6.07, 6.45) is 1.96. The summed E-state index contributed by atoms with van der Waals surface area (Å²) in [6.45, 7) is 9.43. The summed E-state index contributed by atoms with van der Waals surface area (Å²) in [5.41, 5.74) is 1.29. The average Bonchev–Trinajstić information content (AvgIpc) is 2.63. The Morgan fingerprint density at radius 3 is 2.52 bits per heavy atom. The topological polar surface area (TPSA) is 36.0 Å². The summed E-state index contributed by atoms with van der Waals surface area (Å²) in [5, 5.41) is 0. The highest BCUT2D eigenvalue weighted by molar-refractivity contribution is 5.79. The van der Waals surface area contributed by atoms with Crippen LogP contribution in [0.1, 0.15) is 25.3 Å². The zero-order valence-corrected chi connectivity index (χ0v) is 15.6. The number of rotatable bonds is 5. The van der Waals surface area contributed by atoms with E-state index in [1.165, 1.54) is 5.56 Å². The highest BCUT2D eigenvalue weighted by Gasteiger charge is 2.29. The van der Waals surface area contributed by atoms with Crippen molar-refractivity contribution in [1.29, 1.82) is 0 Å². The molecule has 0 radical (unpaired) electrons. The second-order valence-corrected chi connectivity index (χ2v) is 7.26. The second-order valence-electron chi connectivity index (χ2n) is 7.26. The van der Waals surface area contributed by atoms with Crippen LogP contribution in [0.5, 0.6) is 5.75 Å². The number of amides is 1. The summed E-state index contributed by atoms with van der Waals surface area (Å²) in [5.74, 6) is 1.54. The molecule has 1 amide bonds. The Hall–Kier alpha value is -1.59. The summed E-state index contributed by atoms with van der Waals surface area (Å²) in [7, 11) is 2.13. The molecule has 25 heavy (non-hydrogen) atoms. The van der Waals surface area contributed by atoms with Gasteiger partial charge in [0.15, 0.2) is 0 Å². The maximum Gasteiger partial charge on any atom is 0.225 e. The van der Waals surface area contributed by atoms with E-state index >= 15 is 0 Å². The lowest BCUT2D eigenvalue weighted by atomic mass is 9.94. The minimum absolute atomic E-state index is 0.217. The molecule has 0 atom stereocenters. The molecule has 0 saturated carbocycles. The normalized spacial score (nSPS) is 20.6. The Morgan fingerprint density at radius 1 is 1.12 bits per heavy atom. The van der Waals surface area contributed by atoms with E-state index in [1.54, 1.807) is 0 Å². The number of likely N-dealkylation sites (tertiary alicyclic amines) is 1. The number of likely N-dealkylation sites (N-methyl/N-ethyl adjacent to an activating group) is 1. The maximum atomic E-state index is 12.7. The van der Waals surface area contributed by atoms with Crippen LogP contribution in [0.25, 0.3) is 0 Å². The third kappa shape index (κ3) is 4.95. The molecule has 2 aliphatic rings. The predicted octanol–water partition coefficient (Wildman–Crippen LogP) is 2.07. The van der Waals surface area contributed by atoms with Gasteiger partial charge in [0.2, 0.25) is 5.91 Å². The van der Waals surface area contributed by atoms with Gasteiger partial charge in [0.05, 0.1) is 6.61 Å². The number of carbonyl (C=O) groups excluding carboxylic acids is 1. The summed E-state index contributed by atoms with van der Waals surface area (Å²) < 4.78 is 5.59. The smallest absolute Gasteiger partial charge is 0.225 e. The minimum atomic E-state index is 0.217. The fourth-order valence-corrected chi connectivity index (χ4v) is 3.78.